The highest BCUT2D eigenvalue weighted by atomic mass is 127. The number of fused-ring (bicyclic) bond motifs is 1. The first-order chi connectivity index (χ1) is 9.23. The lowest BCUT2D eigenvalue weighted by Gasteiger charge is -2.07. The molecule has 1 heterocycles. The number of benzene rings is 1. The zero-order valence-electron chi connectivity index (χ0n) is 9.36. The van der Waals surface area contributed by atoms with E-state index in [9.17, 15) is 21.6 Å². The Morgan fingerprint density at radius 2 is 2.00 bits per heavy atom. The highest BCUT2D eigenvalue weighted by Gasteiger charge is 2.35. The average Bonchev–Trinajstić information content (AvgIpc) is 2.72. The fourth-order valence-corrected chi connectivity index (χ4v) is 4.59. The molecule has 0 saturated heterocycles. The predicted octanol–water partition coefficient (Wildman–Crippen LogP) is 3.70. The van der Waals surface area contributed by atoms with Gasteiger partial charge in [0.1, 0.15) is 5.58 Å². The van der Waals surface area contributed by atoms with Gasteiger partial charge in [-0.1, -0.05) is 6.07 Å². The smallest absolute Gasteiger partial charge is 0.449 e. The van der Waals surface area contributed by atoms with Gasteiger partial charge in [-0.25, -0.2) is 0 Å². The van der Waals surface area contributed by atoms with Gasteiger partial charge in [0.05, 0.1) is 5.69 Å². The van der Waals surface area contributed by atoms with Crippen molar-refractivity contribution >= 4 is 57.2 Å². The minimum absolute atomic E-state index is 0.000278. The fourth-order valence-electron chi connectivity index (χ4n) is 1.50. The molecule has 2 N–H and O–H groups in total. The van der Waals surface area contributed by atoms with Crippen LogP contribution in [0.15, 0.2) is 28.7 Å². The molecule has 0 amide bonds. The van der Waals surface area contributed by atoms with Crippen molar-refractivity contribution in [2.75, 3.05) is 4.72 Å². The molecular formula is C9H6F3IN2O3S2. The van der Waals surface area contributed by atoms with Crippen molar-refractivity contribution in [1.82, 2.24) is 4.13 Å². The number of rotatable bonds is 4. The molecule has 11 heteroatoms. The first-order valence-electron chi connectivity index (χ1n) is 4.90. The molecule has 2 aromatic rings. The second-order valence-electron chi connectivity index (χ2n) is 3.59. The van der Waals surface area contributed by atoms with Gasteiger partial charge < -0.3 is 4.42 Å². The maximum absolute atomic E-state index is 12.6. The van der Waals surface area contributed by atoms with Crippen LogP contribution in [0.3, 0.4) is 0 Å². The monoisotopic (exact) mass is 438 g/mol. The zero-order valence-corrected chi connectivity index (χ0v) is 13.2. The Kier molecular flexibility index (Phi) is 4.41. The van der Waals surface area contributed by atoms with Crippen LogP contribution in [0, 0.1) is 0 Å². The molecule has 0 bridgehead atoms. The van der Waals surface area contributed by atoms with Crippen LogP contribution in [0.1, 0.15) is 5.76 Å². The minimum atomic E-state index is -4.63. The third-order valence-electron chi connectivity index (χ3n) is 2.23. The summed E-state index contributed by atoms with van der Waals surface area (Å²) in [4.78, 5) is 0. The van der Waals surface area contributed by atoms with Crippen LogP contribution in [0.2, 0.25) is 0 Å². The molecule has 20 heavy (non-hydrogen) atoms. The molecule has 2 rings (SSSR count). The molecule has 0 unspecified atom stereocenters. The molecule has 1 aromatic heterocycles. The van der Waals surface area contributed by atoms with Gasteiger partial charge in [-0.05, 0) is 18.2 Å². The molecule has 5 nitrogen and oxygen atoms in total. The lowest BCUT2D eigenvalue weighted by atomic mass is 10.2. The quantitative estimate of drug-likeness (QED) is 0.565. The molecule has 110 valence electrons. The topological polar surface area (TPSA) is 71.3 Å². The summed E-state index contributed by atoms with van der Waals surface area (Å²) < 4.78 is 69.7. The first-order valence-corrected chi connectivity index (χ1v) is 9.74. The number of nitrogens with one attached hydrogen (secondary N) is 2. The van der Waals surface area contributed by atoms with Gasteiger partial charge in [-0.15, -0.1) is 4.13 Å². The highest BCUT2D eigenvalue weighted by molar-refractivity contribution is 14.2. The van der Waals surface area contributed by atoms with Crippen LogP contribution in [0.4, 0.5) is 18.9 Å². The Bertz CT molecular complexity index is 730. The van der Waals surface area contributed by atoms with E-state index in [2.05, 4.69) is 13.3 Å². The van der Waals surface area contributed by atoms with Gasteiger partial charge in [0.15, 0.2) is 0 Å². The summed E-state index contributed by atoms with van der Waals surface area (Å²) in [6.07, 6.45) is -4.63. The lowest BCUT2D eigenvalue weighted by molar-refractivity contribution is -0.152. The van der Waals surface area contributed by atoms with E-state index in [4.69, 9.17) is 0 Å². The summed E-state index contributed by atoms with van der Waals surface area (Å²) in [7, 11) is -3.06. The van der Waals surface area contributed by atoms with Crippen LogP contribution in [0.5, 0.6) is 0 Å². The van der Waals surface area contributed by atoms with Crippen molar-refractivity contribution in [3.63, 3.8) is 0 Å². The molecule has 0 fully saturated rings. The second-order valence-corrected chi connectivity index (χ2v) is 6.94. The molecule has 0 aliphatic heterocycles. The summed E-state index contributed by atoms with van der Waals surface area (Å²) in [5.41, 5.74) is -0.0562. The summed E-state index contributed by atoms with van der Waals surface area (Å²) in [5.74, 6) is -1.18. The van der Waals surface area contributed by atoms with Gasteiger partial charge in [0, 0.05) is 35.7 Å². The molecule has 0 radical (unpaired) electrons. The summed E-state index contributed by atoms with van der Waals surface area (Å²) in [5, 5.41) is 0.0312. The molecule has 1 aromatic carbocycles. The van der Waals surface area contributed by atoms with Crippen molar-refractivity contribution in [3.05, 3.63) is 30.0 Å². The normalized spacial score (nSPS) is 12.8. The van der Waals surface area contributed by atoms with Crippen LogP contribution in [-0.4, -0.2) is 8.42 Å². The van der Waals surface area contributed by atoms with E-state index in [0.717, 1.165) is 15.2 Å². The summed E-state index contributed by atoms with van der Waals surface area (Å²) in [6.45, 7) is 0. The van der Waals surface area contributed by atoms with E-state index in [-0.39, 0.29) is 16.7 Å². The maximum Gasteiger partial charge on any atom is 0.449 e. The Labute approximate surface area is 128 Å². The number of hydrogen-bond donors (Lipinski definition) is 2. The van der Waals surface area contributed by atoms with Crippen LogP contribution in [-0.2, 0) is 16.4 Å². The SMILES string of the molecule is O=S(=O)(NSI)Nc1cccc2oc(C(F)(F)F)cc12. The van der Waals surface area contributed by atoms with Gasteiger partial charge in [-0.2, -0.15) is 21.6 Å². The van der Waals surface area contributed by atoms with Crippen LogP contribution in [0.25, 0.3) is 11.0 Å². The predicted molar refractivity (Wildman–Crippen MR) is 78.5 cm³/mol. The maximum atomic E-state index is 12.6. The summed E-state index contributed by atoms with van der Waals surface area (Å²) in [6, 6.07) is 4.81. The molecule has 0 atom stereocenters. The van der Waals surface area contributed by atoms with E-state index in [1.165, 1.54) is 18.2 Å². The van der Waals surface area contributed by atoms with Crippen molar-refractivity contribution in [3.8, 4) is 0 Å². The Morgan fingerprint density at radius 3 is 2.60 bits per heavy atom. The van der Waals surface area contributed by atoms with Gasteiger partial charge in [-0.3, -0.25) is 4.72 Å². The number of alkyl halides is 3. The highest BCUT2D eigenvalue weighted by Crippen LogP contribution is 2.36. The first kappa shape index (κ1) is 15.7. The Morgan fingerprint density at radius 1 is 1.30 bits per heavy atom. The van der Waals surface area contributed by atoms with Crippen molar-refractivity contribution in [1.29, 1.82) is 0 Å². The zero-order chi connectivity index (χ0) is 15.0. The third kappa shape index (κ3) is 3.51. The van der Waals surface area contributed by atoms with Crippen molar-refractivity contribution < 1.29 is 26.0 Å². The van der Waals surface area contributed by atoms with Gasteiger partial charge in [0.25, 0.3) is 0 Å². The molecule has 0 aliphatic rings. The van der Waals surface area contributed by atoms with Crippen molar-refractivity contribution in [2.24, 2.45) is 0 Å². The Hall–Kier alpha value is -0.660. The van der Waals surface area contributed by atoms with Gasteiger partial charge >= 0.3 is 16.4 Å². The van der Waals surface area contributed by atoms with E-state index in [1.54, 1.807) is 21.2 Å². The lowest BCUT2D eigenvalue weighted by Crippen LogP contribution is -2.23. The fraction of sp³-hybridized carbons (Fsp3) is 0.111. The average molecular weight is 438 g/mol. The third-order valence-corrected chi connectivity index (χ3v) is 5.46. The van der Waals surface area contributed by atoms with E-state index in [0.29, 0.717) is 0 Å². The number of hydrogen-bond acceptors (Lipinski definition) is 4. The molecular weight excluding hydrogens is 432 g/mol. The van der Waals surface area contributed by atoms with E-state index >= 15 is 0 Å². The summed E-state index contributed by atoms with van der Waals surface area (Å²) >= 11 is 1.71. The van der Waals surface area contributed by atoms with Crippen molar-refractivity contribution in [2.45, 2.75) is 6.18 Å². The van der Waals surface area contributed by atoms with E-state index in [1.807, 2.05) is 0 Å². The molecule has 0 spiro atoms. The second kappa shape index (κ2) is 5.61. The Balaban J connectivity index is 2.47. The molecule has 0 aliphatic carbocycles. The largest absolute Gasteiger partial charge is 0.451 e. The molecule has 0 saturated carbocycles. The number of halogens is 4. The number of furan rings is 1. The number of anilines is 1. The van der Waals surface area contributed by atoms with E-state index < -0.39 is 22.1 Å². The van der Waals surface area contributed by atoms with Crippen LogP contribution < -0.4 is 8.85 Å². The minimum Gasteiger partial charge on any atom is -0.451 e. The van der Waals surface area contributed by atoms with Gasteiger partial charge in [0.2, 0.25) is 5.76 Å². The van der Waals surface area contributed by atoms with Crippen LogP contribution >= 0.6 is 30.3 Å². The standard InChI is InChI=1S/C9H6F3IN2O3S2/c10-9(11,12)8-4-5-6(2-1-3-7(5)18-8)14-20(16,17)15-19-13/h1-4,14-15H.